The average Bonchev–Trinajstić information content (AvgIpc) is 2.43. The zero-order chi connectivity index (χ0) is 15.4. The fraction of sp³-hybridized carbons (Fsp3) is 0.0625. The number of halogens is 2. The molecule has 21 heavy (non-hydrogen) atoms. The van der Waals surface area contributed by atoms with Crippen molar-refractivity contribution in [1.82, 2.24) is 0 Å². The number of benzene rings is 2. The van der Waals surface area contributed by atoms with E-state index in [9.17, 15) is 9.18 Å². The third-order valence-electron chi connectivity index (χ3n) is 2.86. The van der Waals surface area contributed by atoms with Gasteiger partial charge >= 0.3 is 0 Å². The number of aryl methyl sites for hydroxylation is 1. The second kappa shape index (κ2) is 6.54. The molecule has 5 heteroatoms. The lowest BCUT2D eigenvalue weighted by molar-refractivity contribution is -0.111. The lowest BCUT2D eigenvalue weighted by Crippen LogP contribution is -2.09. The van der Waals surface area contributed by atoms with Crippen molar-refractivity contribution in [3.63, 3.8) is 0 Å². The van der Waals surface area contributed by atoms with Gasteiger partial charge in [-0.05, 0) is 64.3 Å². The van der Waals surface area contributed by atoms with Crippen LogP contribution < -0.4 is 11.1 Å². The first-order valence-electron chi connectivity index (χ1n) is 6.26. The summed E-state index contributed by atoms with van der Waals surface area (Å²) in [5, 5.41) is 2.65. The number of carbonyl (C=O) groups excluding carboxylic acids is 1. The topological polar surface area (TPSA) is 55.1 Å². The summed E-state index contributed by atoms with van der Waals surface area (Å²) in [7, 11) is 0. The second-order valence-corrected chi connectivity index (χ2v) is 5.43. The van der Waals surface area contributed by atoms with Gasteiger partial charge < -0.3 is 11.1 Å². The van der Waals surface area contributed by atoms with Gasteiger partial charge in [-0.3, -0.25) is 4.79 Å². The Morgan fingerprint density at radius 3 is 2.81 bits per heavy atom. The van der Waals surface area contributed by atoms with Crippen LogP contribution in [0.1, 0.15) is 11.1 Å². The first-order chi connectivity index (χ1) is 9.95. The molecule has 0 aromatic heterocycles. The van der Waals surface area contributed by atoms with Gasteiger partial charge in [0.25, 0.3) is 0 Å². The highest BCUT2D eigenvalue weighted by Crippen LogP contribution is 2.24. The molecule has 0 fully saturated rings. The minimum atomic E-state index is -0.421. The van der Waals surface area contributed by atoms with Crippen molar-refractivity contribution >= 4 is 39.3 Å². The van der Waals surface area contributed by atoms with Gasteiger partial charge in [0.1, 0.15) is 5.82 Å². The fourth-order valence-electron chi connectivity index (χ4n) is 1.79. The Bertz CT molecular complexity index is 713. The molecule has 0 atom stereocenters. The van der Waals surface area contributed by atoms with E-state index in [4.69, 9.17) is 5.73 Å². The lowest BCUT2D eigenvalue weighted by Gasteiger charge is -2.07. The quantitative estimate of drug-likeness (QED) is 0.647. The standard InChI is InChI=1S/C16H14BrFN2O/c1-10-7-13(17)14(18)9-15(10)20-16(21)6-5-11-3-2-4-12(19)8-11/h2-9H,19H2,1H3,(H,20,21)/b6-5+. The number of anilines is 2. The Morgan fingerprint density at radius 2 is 2.10 bits per heavy atom. The van der Waals surface area contributed by atoms with E-state index in [0.29, 0.717) is 15.8 Å². The van der Waals surface area contributed by atoms with Crippen molar-refractivity contribution in [3.05, 3.63) is 63.9 Å². The highest BCUT2D eigenvalue weighted by atomic mass is 79.9. The summed E-state index contributed by atoms with van der Waals surface area (Å²) in [6, 6.07) is 10.1. The van der Waals surface area contributed by atoms with Crippen LogP contribution >= 0.6 is 15.9 Å². The van der Waals surface area contributed by atoms with E-state index in [0.717, 1.165) is 11.1 Å². The van der Waals surface area contributed by atoms with Crippen LogP contribution in [0.2, 0.25) is 0 Å². The molecule has 0 saturated carbocycles. The zero-order valence-corrected chi connectivity index (χ0v) is 12.9. The van der Waals surface area contributed by atoms with E-state index in [-0.39, 0.29) is 5.91 Å². The van der Waals surface area contributed by atoms with Crippen molar-refractivity contribution in [3.8, 4) is 0 Å². The molecule has 1 amide bonds. The summed E-state index contributed by atoms with van der Waals surface area (Å²) in [5.74, 6) is -0.752. The molecule has 2 aromatic rings. The zero-order valence-electron chi connectivity index (χ0n) is 11.4. The minimum absolute atomic E-state index is 0.331. The molecule has 0 unspecified atom stereocenters. The summed E-state index contributed by atoms with van der Waals surface area (Å²) in [4.78, 5) is 11.9. The molecule has 3 nitrogen and oxygen atoms in total. The monoisotopic (exact) mass is 348 g/mol. The van der Waals surface area contributed by atoms with Gasteiger partial charge in [-0.25, -0.2) is 4.39 Å². The molecule has 3 N–H and O–H groups in total. The van der Waals surface area contributed by atoms with Gasteiger partial charge in [-0.1, -0.05) is 12.1 Å². The van der Waals surface area contributed by atoms with Crippen molar-refractivity contribution in [2.45, 2.75) is 6.92 Å². The summed E-state index contributed by atoms with van der Waals surface area (Å²) in [5.41, 5.74) is 8.32. The fourth-order valence-corrected chi connectivity index (χ4v) is 2.25. The predicted molar refractivity (Wildman–Crippen MR) is 87.4 cm³/mol. The molecule has 0 aliphatic rings. The minimum Gasteiger partial charge on any atom is -0.399 e. The van der Waals surface area contributed by atoms with Crippen LogP contribution in [0.15, 0.2) is 46.9 Å². The van der Waals surface area contributed by atoms with Gasteiger partial charge in [0, 0.05) is 17.5 Å². The van der Waals surface area contributed by atoms with Crippen LogP contribution in [-0.4, -0.2) is 5.91 Å². The average molecular weight is 349 g/mol. The predicted octanol–water partition coefficient (Wildman–Crippen LogP) is 4.13. The summed E-state index contributed by atoms with van der Waals surface area (Å²) >= 11 is 3.10. The van der Waals surface area contributed by atoms with Crippen molar-refractivity contribution < 1.29 is 9.18 Å². The Kier molecular flexibility index (Phi) is 4.75. The maximum atomic E-state index is 13.5. The first kappa shape index (κ1) is 15.3. The van der Waals surface area contributed by atoms with Gasteiger partial charge in [-0.2, -0.15) is 0 Å². The third-order valence-corrected chi connectivity index (χ3v) is 3.47. The number of carbonyl (C=O) groups is 1. The lowest BCUT2D eigenvalue weighted by atomic mass is 10.2. The van der Waals surface area contributed by atoms with Crippen molar-refractivity contribution in [1.29, 1.82) is 0 Å². The summed E-state index contributed by atoms with van der Waals surface area (Å²) in [6.07, 6.45) is 3.03. The highest BCUT2D eigenvalue weighted by molar-refractivity contribution is 9.10. The SMILES string of the molecule is Cc1cc(Br)c(F)cc1NC(=O)/C=C/c1cccc(N)c1. The van der Waals surface area contributed by atoms with E-state index < -0.39 is 5.82 Å². The first-order valence-corrected chi connectivity index (χ1v) is 7.05. The number of nitrogens with two attached hydrogens (primary N) is 1. The summed E-state index contributed by atoms with van der Waals surface area (Å²) in [6.45, 7) is 1.79. The summed E-state index contributed by atoms with van der Waals surface area (Å²) < 4.78 is 13.8. The molecule has 108 valence electrons. The molecular weight excluding hydrogens is 335 g/mol. The Morgan fingerprint density at radius 1 is 1.33 bits per heavy atom. The van der Waals surface area contributed by atoms with Gasteiger partial charge in [0.15, 0.2) is 0 Å². The third kappa shape index (κ3) is 4.16. The van der Waals surface area contributed by atoms with E-state index in [2.05, 4.69) is 21.2 Å². The van der Waals surface area contributed by atoms with Crippen LogP contribution in [0.25, 0.3) is 6.08 Å². The Balaban J connectivity index is 2.10. The molecule has 0 aliphatic carbocycles. The highest BCUT2D eigenvalue weighted by Gasteiger charge is 2.07. The van der Waals surface area contributed by atoms with E-state index >= 15 is 0 Å². The largest absolute Gasteiger partial charge is 0.399 e. The Hall–Kier alpha value is -2.14. The van der Waals surface area contributed by atoms with Gasteiger partial charge in [-0.15, -0.1) is 0 Å². The maximum Gasteiger partial charge on any atom is 0.248 e. The van der Waals surface area contributed by atoms with Crippen LogP contribution in [-0.2, 0) is 4.79 Å². The van der Waals surface area contributed by atoms with Crippen LogP contribution in [0.4, 0.5) is 15.8 Å². The molecule has 0 bridgehead atoms. The van der Waals surface area contributed by atoms with Crippen molar-refractivity contribution in [2.75, 3.05) is 11.1 Å². The number of hydrogen-bond acceptors (Lipinski definition) is 2. The van der Waals surface area contributed by atoms with E-state index in [1.165, 1.54) is 12.1 Å². The van der Waals surface area contributed by atoms with Crippen LogP contribution in [0.3, 0.4) is 0 Å². The number of hydrogen-bond donors (Lipinski definition) is 2. The van der Waals surface area contributed by atoms with Gasteiger partial charge in [0.2, 0.25) is 5.91 Å². The normalized spacial score (nSPS) is 10.8. The van der Waals surface area contributed by atoms with Crippen molar-refractivity contribution in [2.24, 2.45) is 0 Å². The van der Waals surface area contributed by atoms with E-state index in [1.54, 1.807) is 37.3 Å². The molecule has 0 saturated heterocycles. The number of nitrogen functional groups attached to an aromatic ring is 1. The number of nitrogens with one attached hydrogen (secondary N) is 1. The molecule has 0 aliphatic heterocycles. The molecule has 0 radical (unpaired) electrons. The van der Waals surface area contributed by atoms with Crippen LogP contribution in [0, 0.1) is 12.7 Å². The molecule has 0 heterocycles. The molecule has 2 rings (SSSR count). The molecule has 0 spiro atoms. The van der Waals surface area contributed by atoms with Gasteiger partial charge in [0.05, 0.1) is 4.47 Å². The van der Waals surface area contributed by atoms with E-state index in [1.807, 2.05) is 6.07 Å². The smallest absolute Gasteiger partial charge is 0.248 e. The second-order valence-electron chi connectivity index (χ2n) is 4.57. The number of amides is 1. The molecular formula is C16H14BrFN2O. The number of rotatable bonds is 3. The molecule has 2 aromatic carbocycles. The maximum absolute atomic E-state index is 13.5. The Labute approximate surface area is 130 Å². The van der Waals surface area contributed by atoms with Crippen LogP contribution in [0.5, 0.6) is 0 Å².